The largest absolute Gasteiger partial charge is 0.394 e. The van der Waals surface area contributed by atoms with Gasteiger partial charge in [-0.15, -0.1) is 0 Å². The van der Waals surface area contributed by atoms with Crippen LogP contribution in [-0.4, -0.2) is 66.0 Å². The van der Waals surface area contributed by atoms with E-state index in [-0.39, 0.29) is 5.71 Å². The maximum atomic E-state index is 10.4. The van der Waals surface area contributed by atoms with Crippen molar-refractivity contribution in [3.63, 3.8) is 0 Å². The highest BCUT2D eigenvalue weighted by Crippen LogP contribution is 2.24. The number of hydrazone groups is 2. The Morgan fingerprint density at radius 2 is 1.44 bits per heavy atom. The molecule has 4 aromatic rings. The zero-order valence-electron chi connectivity index (χ0n) is 17.3. The van der Waals surface area contributed by atoms with Crippen LogP contribution in [-0.2, 0) is 0 Å². The third-order valence-electron chi connectivity index (χ3n) is 4.71. The van der Waals surface area contributed by atoms with Crippen molar-refractivity contribution in [2.24, 2.45) is 10.2 Å². The molecule has 0 spiro atoms. The summed E-state index contributed by atoms with van der Waals surface area (Å²) in [5, 5.41) is 39.3. The van der Waals surface area contributed by atoms with Crippen LogP contribution in [0.4, 0.5) is 11.6 Å². The third kappa shape index (κ3) is 5.51. The van der Waals surface area contributed by atoms with Crippen LogP contribution in [0.15, 0.2) is 68.2 Å². The van der Waals surface area contributed by atoms with Crippen LogP contribution in [0.2, 0.25) is 0 Å². The first-order valence-corrected chi connectivity index (χ1v) is 11.4. The number of aliphatic hydroxyl groups is 3. The van der Waals surface area contributed by atoms with Crippen LogP contribution in [0.25, 0.3) is 21.8 Å². The first-order valence-electron chi connectivity index (χ1n) is 9.86. The molecule has 2 aromatic carbocycles. The van der Waals surface area contributed by atoms with E-state index < -0.39 is 18.8 Å². The second-order valence-electron chi connectivity index (χ2n) is 6.98. The number of benzene rings is 2. The minimum atomic E-state index is -1.53. The Labute approximate surface area is 210 Å². The Kier molecular flexibility index (Phi) is 7.70. The predicted octanol–water partition coefficient (Wildman–Crippen LogP) is 2.68. The molecule has 13 heteroatoms. The number of nitrogens with zero attached hydrogens (tertiary/aromatic N) is 6. The van der Waals surface area contributed by atoms with Crippen molar-refractivity contribution in [2.45, 2.75) is 12.2 Å². The van der Waals surface area contributed by atoms with Gasteiger partial charge in [0.2, 0.25) is 0 Å². The molecule has 174 valence electrons. The molecule has 2 heterocycles. The van der Waals surface area contributed by atoms with Crippen LogP contribution in [0.3, 0.4) is 0 Å². The Morgan fingerprint density at radius 1 is 0.882 bits per heavy atom. The lowest BCUT2D eigenvalue weighted by Gasteiger charge is -2.15. The van der Waals surface area contributed by atoms with Crippen molar-refractivity contribution < 1.29 is 15.3 Å². The average molecular weight is 590 g/mol. The Balaban J connectivity index is 1.62. The lowest BCUT2D eigenvalue weighted by Crippen LogP contribution is -2.37. The molecule has 0 aliphatic heterocycles. The molecule has 2 unspecified atom stereocenters. The Bertz CT molecular complexity index is 1390. The van der Waals surface area contributed by atoms with E-state index in [9.17, 15) is 15.3 Å². The zero-order valence-corrected chi connectivity index (χ0v) is 20.5. The molecular weight excluding hydrogens is 572 g/mol. The van der Waals surface area contributed by atoms with Crippen molar-refractivity contribution in [3.8, 4) is 0 Å². The highest BCUT2D eigenvalue weighted by Gasteiger charge is 2.21. The van der Waals surface area contributed by atoms with Gasteiger partial charge in [0.1, 0.15) is 30.6 Å². The second-order valence-corrected chi connectivity index (χ2v) is 8.81. The molecule has 0 aliphatic carbocycles. The summed E-state index contributed by atoms with van der Waals surface area (Å²) in [7, 11) is 0. The van der Waals surface area contributed by atoms with E-state index in [1.54, 1.807) is 0 Å². The molecule has 0 fully saturated rings. The summed E-state index contributed by atoms with van der Waals surface area (Å²) in [6.45, 7) is -0.671. The monoisotopic (exact) mass is 588 g/mol. The van der Waals surface area contributed by atoms with Crippen LogP contribution in [0.1, 0.15) is 0 Å². The minimum Gasteiger partial charge on any atom is -0.394 e. The quantitative estimate of drug-likeness (QED) is 0.154. The number of hydrogen-bond acceptors (Lipinski definition) is 11. The van der Waals surface area contributed by atoms with Gasteiger partial charge < -0.3 is 15.3 Å². The first kappa shape index (κ1) is 24.0. The molecule has 0 radical (unpaired) electrons. The minimum absolute atomic E-state index is 0.0599. The fraction of sp³-hybridized carbons (Fsp3) is 0.143. The summed E-state index contributed by atoms with van der Waals surface area (Å²) in [5.74, 6) is 0.807. The fourth-order valence-corrected chi connectivity index (χ4v) is 3.70. The van der Waals surface area contributed by atoms with Gasteiger partial charge in [0.15, 0.2) is 11.6 Å². The van der Waals surface area contributed by atoms with Crippen molar-refractivity contribution in [3.05, 3.63) is 58.0 Å². The van der Waals surface area contributed by atoms with Gasteiger partial charge in [-0.3, -0.25) is 10.9 Å². The van der Waals surface area contributed by atoms with Crippen molar-refractivity contribution in [1.82, 2.24) is 19.9 Å². The molecule has 4 rings (SSSR count). The van der Waals surface area contributed by atoms with E-state index in [1.165, 1.54) is 18.9 Å². The molecule has 2 atom stereocenters. The van der Waals surface area contributed by atoms with E-state index >= 15 is 0 Å². The summed E-state index contributed by atoms with van der Waals surface area (Å²) in [5.41, 5.74) is 6.91. The second kappa shape index (κ2) is 10.9. The predicted molar refractivity (Wildman–Crippen MR) is 137 cm³/mol. The normalized spacial score (nSPS) is 14.0. The highest BCUT2D eigenvalue weighted by molar-refractivity contribution is 9.10. The summed E-state index contributed by atoms with van der Waals surface area (Å²) in [4.78, 5) is 16.8. The maximum absolute atomic E-state index is 10.4. The SMILES string of the molecule is OCC(O)C(O)C(C=NNc1ncnc2ccc(Br)cc12)=NNc1ncnc2ccc(Br)cc12. The van der Waals surface area contributed by atoms with Crippen LogP contribution >= 0.6 is 31.9 Å². The van der Waals surface area contributed by atoms with E-state index in [0.717, 1.165) is 14.3 Å². The Morgan fingerprint density at radius 3 is 2.00 bits per heavy atom. The number of nitrogens with one attached hydrogen (secondary N) is 2. The summed E-state index contributed by atoms with van der Waals surface area (Å²) in [6.07, 6.45) is 0.980. The number of hydrogen-bond donors (Lipinski definition) is 5. The first-order chi connectivity index (χ1) is 16.5. The maximum Gasteiger partial charge on any atom is 0.157 e. The molecule has 0 aliphatic rings. The van der Waals surface area contributed by atoms with Crippen LogP contribution < -0.4 is 10.9 Å². The van der Waals surface area contributed by atoms with Gasteiger partial charge in [-0.2, -0.15) is 10.2 Å². The van der Waals surface area contributed by atoms with Gasteiger partial charge in [-0.1, -0.05) is 31.9 Å². The summed E-state index contributed by atoms with van der Waals surface area (Å²) < 4.78 is 1.67. The highest BCUT2D eigenvalue weighted by atomic mass is 79.9. The van der Waals surface area contributed by atoms with Gasteiger partial charge in [0, 0.05) is 19.7 Å². The van der Waals surface area contributed by atoms with Crippen LogP contribution in [0.5, 0.6) is 0 Å². The molecular formula is C21H18Br2N8O3. The molecule has 0 amide bonds. The van der Waals surface area contributed by atoms with Gasteiger partial charge in [0.05, 0.1) is 23.9 Å². The molecule has 0 saturated heterocycles. The number of anilines is 2. The topological polar surface area (TPSA) is 161 Å². The number of rotatable bonds is 8. The lowest BCUT2D eigenvalue weighted by atomic mass is 10.1. The van der Waals surface area contributed by atoms with Crippen molar-refractivity contribution in [1.29, 1.82) is 0 Å². The van der Waals surface area contributed by atoms with Gasteiger partial charge in [-0.25, -0.2) is 19.9 Å². The Hall–Kier alpha value is -3.10. The average Bonchev–Trinajstić information content (AvgIpc) is 2.85. The van der Waals surface area contributed by atoms with Crippen LogP contribution in [0, 0.1) is 0 Å². The lowest BCUT2D eigenvalue weighted by molar-refractivity contribution is 0.0193. The molecule has 11 nitrogen and oxygen atoms in total. The van der Waals surface area contributed by atoms with Crippen molar-refractivity contribution >= 4 is 77.2 Å². The summed E-state index contributed by atoms with van der Waals surface area (Å²) >= 11 is 6.83. The third-order valence-corrected chi connectivity index (χ3v) is 5.69. The van der Waals surface area contributed by atoms with Crippen molar-refractivity contribution in [2.75, 3.05) is 17.5 Å². The van der Waals surface area contributed by atoms with Gasteiger partial charge >= 0.3 is 0 Å². The van der Waals surface area contributed by atoms with E-state index in [1.807, 2.05) is 36.4 Å². The van der Waals surface area contributed by atoms with Gasteiger partial charge in [0.25, 0.3) is 0 Å². The van der Waals surface area contributed by atoms with E-state index in [4.69, 9.17) is 0 Å². The fourth-order valence-electron chi connectivity index (χ4n) is 2.98. The molecule has 0 bridgehead atoms. The molecule has 34 heavy (non-hydrogen) atoms. The smallest absolute Gasteiger partial charge is 0.157 e. The molecule has 5 N–H and O–H groups in total. The number of aromatic nitrogens is 4. The van der Waals surface area contributed by atoms with Gasteiger partial charge in [-0.05, 0) is 36.4 Å². The molecule has 0 saturated carbocycles. The van der Waals surface area contributed by atoms with E-state index in [2.05, 4.69) is 72.9 Å². The number of halogens is 2. The summed E-state index contributed by atoms with van der Waals surface area (Å²) in [6, 6.07) is 11.0. The standard InChI is InChI=1S/C21H18Br2N8O3/c22-11-1-3-15-13(5-11)20(26-9-24-15)30-28-7-17(19(34)18(33)8-32)29-31-21-14-6-12(23)2-4-16(14)25-10-27-21/h1-7,9-10,18-19,32-34H,8H2,(H,24,26,30)(H,25,27,31). The number of fused-ring (bicyclic) bond motifs is 2. The molecule has 2 aromatic heterocycles. The zero-order chi connectivity index (χ0) is 24.1. The van der Waals surface area contributed by atoms with E-state index in [0.29, 0.717) is 28.1 Å². The number of aliphatic hydroxyl groups excluding tert-OH is 3.